The summed E-state index contributed by atoms with van der Waals surface area (Å²) in [6.07, 6.45) is 1.65. The maximum atomic E-state index is 13.0. The van der Waals surface area contributed by atoms with Gasteiger partial charge in [0.25, 0.3) is 0 Å². The number of aromatic nitrogens is 1. The Morgan fingerprint density at radius 3 is 2.95 bits per heavy atom. The highest BCUT2D eigenvalue weighted by atomic mass is 32.1. The molecule has 0 unspecified atom stereocenters. The molecule has 2 aromatic rings. The van der Waals surface area contributed by atoms with E-state index >= 15 is 0 Å². The van der Waals surface area contributed by atoms with Crippen LogP contribution in [0.3, 0.4) is 0 Å². The van der Waals surface area contributed by atoms with Gasteiger partial charge in [0, 0.05) is 36.9 Å². The largest absolute Gasteiger partial charge is 0.368 e. The zero-order valence-electron chi connectivity index (χ0n) is 11.3. The molecule has 0 bridgehead atoms. The fraction of sp³-hybridized carbons (Fsp3) is 0.286. The van der Waals surface area contributed by atoms with Crippen LogP contribution in [0.15, 0.2) is 35.8 Å². The van der Waals surface area contributed by atoms with Gasteiger partial charge in [0.05, 0.1) is 0 Å². The average molecular weight is 306 g/mol. The summed E-state index contributed by atoms with van der Waals surface area (Å²) in [6.45, 7) is 2.03. The quantitative estimate of drug-likeness (QED) is 0.906. The van der Waals surface area contributed by atoms with Gasteiger partial charge in [-0.1, -0.05) is 0 Å². The molecule has 3 rings (SSSR count). The van der Waals surface area contributed by atoms with Crippen LogP contribution in [0.4, 0.5) is 15.2 Å². The van der Waals surface area contributed by atoms with Gasteiger partial charge in [-0.15, -0.1) is 11.3 Å². The van der Waals surface area contributed by atoms with E-state index in [9.17, 15) is 9.18 Å². The van der Waals surface area contributed by atoms with Gasteiger partial charge in [-0.2, -0.15) is 0 Å². The van der Waals surface area contributed by atoms with Crippen LogP contribution in [-0.2, 0) is 4.79 Å². The topological polar surface area (TPSA) is 57.3 Å². The predicted octanol–water partition coefficient (Wildman–Crippen LogP) is 1.70. The lowest BCUT2D eigenvalue weighted by Gasteiger charge is -2.34. The summed E-state index contributed by atoms with van der Waals surface area (Å²) < 4.78 is 13.0. The third-order valence-electron chi connectivity index (χ3n) is 3.35. The summed E-state index contributed by atoms with van der Waals surface area (Å²) in [4.78, 5) is 18.3. The van der Waals surface area contributed by atoms with Crippen LogP contribution >= 0.6 is 11.3 Å². The Hall–Kier alpha value is -1.99. The predicted molar refractivity (Wildman–Crippen MR) is 81.1 cm³/mol. The first-order valence-electron chi connectivity index (χ1n) is 6.66. The summed E-state index contributed by atoms with van der Waals surface area (Å²) in [7, 11) is 0. The van der Waals surface area contributed by atoms with Crippen LogP contribution in [0.1, 0.15) is 0 Å². The SMILES string of the molecule is O=C(Nc1nccs1)[C@@H]1CN(c2ccc(F)cc2)CCN1. The molecular formula is C14H15FN4OS. The maximum Gasteiger partial charge on any atom is 0.245 e. The zero-order chi connectivity index (χ0) is 14.7. The first-order chi connectivity index (χ1) is 10.2. The lowest BCUT2D eigenvalue weighted by atomic mass is 10.1. The van der Waals surface area contributed by atoms with Gasteiger partial charge in [-0.25, -0.2) is 9.37 Å². The van der Waals surface area contributed by atoms with E-state index in [1.807, 2.05) is 5.38 Å². The molecule has 1 aromatic carbocycles. The zero-order valence-corrected chi connectivity index (χ0v) is 12.1. The van der Waals surface area contributed by atoms with Crippen molar-refractivity contribution >= 4 is 28.1 Å². The fourth-order valence-electron chi connectivity index (χ4n) is 2.29. The molecule has 1 aromatic heterocycles. The number of benzene rings is 1. The fourth-order valence-corrected chi connectivity index (χ4v) is 2.82. The Morgan fingerprint density at radius 1 is 1.43 bits per heavy atom. The first kappa shape index (κ1) is 14.0. The lowest BCUT2D eigenvalue weighted by molar-refractivity contribution is -0.118. The van der Waals surface area contributed by atoms with Crippen molar-refractivity contribution in [3.05, 3.63) is 41.7 Å². The Labute approximate surface area is 125 Å². The number of nitrogens with one attached hydrogen (secondary N) is 2. The number of piperazine rings is 1. The van der Waals surface area contributed by atoms with Gasteiger partial charge >= 0.3 is 0 Å². The lowest BCUT2D eigenvalue weighted by Crippen LogP contribution is -2.55. The monoisotopic (exact) mass is 306 g/mol. The Morgan fingerprint density at radius 2 is 2.24 bits per heavy atom. The van der Waals surface area contributed by atoms with Gasteiger partial charge in [0.1, 0.15) is 11.9 Å². The minimum atomic E-state index is -0.312. The van der Waals surface area contributed by atoms with Crippen LogP contribution in [-0.4, -0.2) is 36.6 Å². The van der Waals surface area contributed by atoms with Crippen molar-refractivity contribution in [2.24, 2.45) is 0 Å². The molecule has 1 atom stereocenters. The van der Waals surface area contributed by atoms with E-state index in [1.165, 1.54) is 23.5 Å². The van der Waals surface area contributed by atoms with Gasteiger partial charge < -0.3 is 15.5 Å². The normalized spacial score (nSPS) is 18.5. The number of hydrogen-bond donors (Lipinski definition) is 2. The summed E-state index contributed by atoms with van der Waals surface area (Å²) in [6, 6.07) is 6.02. The van der Waals surface area contributed by atoms with Gasteiger partial charge in [-0.05, 0) is 24.3 Å². The van der Waals surface area contributed by atoms with Crippen LogP contribution < -0.4 is 15.5 Å². The van der Waals surface area contributed by atoms with Gasteiger partial charge in [0.2, 0.25) is 5.91 Å². The van der Waals surface area contributed by atoms with Crippen LogP contribution in [0.2, 0.25) is 0 Å². The molecule has 1 amide bonds. The van der Waals surface area contributed by atoms with E-state index in [0.717, 1.165) is 12.2 Å². The second-order valence-electron chi connectivity index (χ2n) is 4.76. The highest BCUT2D eigenvalue weighted by Gasteiger charge is 2.25. The third kappa shape index (κ3) is 3.37. The van der Waals surface area contributed by atoms with Crippen LogP contribution in [0.25, 0.3) is 0 Å². The van der Waals surface area contributed by atoms with Crippen molar-refractivity contribution < 1.29 is 9.18 Å². The molecule has 0 radical (unpaired) electrons. The molecular weight excluding hydrogens is 291 g/mol. The summed E-state index contributed by atoms with van der Waals surface area (Å²) in [5, 5.41) is 8.40. The summed E-state index contributed by atoms with van der Waals surface area (Å²) in [5.41, 5.74) is 0.921. The smallest absolute Gasteiger partial charge is 0.245 e. The van der Waals surface area contributed by atoms with Gasteiger partial charge in [0.15, 0.2) is 5.13 Å². The number of halogens is 1. The minimum Gasteiger partial charge on any atom is -0.368 e. The number of thiazole rings is 1. The maximum absolute atomic E-state index is 13.0. The van der Waals surface area contributed by atoms with E-state index in [2.05, 4.69) is 20.5 Å². The third-order valence-corrected chi connectivity index (χ3v) is 4.03. The number of anilines is 2. The highest BCUT2D eigenvalue weighted by Crippen LogP contribution is 2.17. The number of nitrogens with zero attached hydrogens (tertiary/aromatic N) is 2. The molecule has 7 heteroatoms. The summed E-state index contributed by atoms with van der Waals surface area (Å²) >= 11 is 1.39. The Balaban J connectivity index is 1.65. The molecule has 0 spiro atoms. The van der Waals surface area contributed by atoms with E-state index in [1.54, 1.807) is 18.3 Å². The standard InChI is InChI=1S/C14H15FN4OS/c15-10-1-3-11(4-2-10)19-7-5-16-12(9-19)13(20)18-14-17-6-8-21-14/h1-4,6,8,12,16H,5,7,9H2,(H,17,18,20)/t12-/m0/s1. The average Bonchev–Trinajstić information content (AvgIpc) is 3.01. The molecule has 1 aliphatic rings. The first-order valence-corrected chi connectivity index (χ1v) is 7.54. The molecule has 1 saturated heterocycles. The van der Waals surface area contributed by atoms with Crippen molar-refractivity contribution in [3.8, 4) is 0 Å². The molecule has 0 aliphatic carbocycles. The highest BCUT2D eigenvalue weighted by molar-refractivity contribution is 7.13. The number of amides is 1. The molecule has 2 heterocycles. The van der Waals surface area contributed by atoms with E-state index in [-0.39, 0.29) is 17.8 Å². The summed E-state index contributed by atoms with van der Waals surface area (Å²) in [5.74, 6) is -0.358. The van der Waals surface area contributed by atoms with E-state index in [4.69, 9.17) is 0 Å². The molecule has 110 valence electrons. The molecule has 2 N–H and O–H groups in total. The molecule has 1 aliphatic heterocycles. The van der Waals surface area contributed by atoms with E-state index in [0.29, 0.717) is 18.2 Å². The number of hydrogen-bond acceptors (Lipinski definition) is 5. The van der Waals surface area contributed by atoms with Crippen molar-refractivity contribution in [3.63, 3.8) is 0 Å². The van der Waals surface area contributed by atoms with Crippen molar-refractivity contribution in [2.75, 3.05) is 29.9 Å². The minimum absolute atomic E-state index is 0.100. The molecule has 0 saturated carbocycles. The second-order valence-corrected chi connectivity index (χ2v) is 5.65. The molecule has 1 fully saturated rings. The number of rotatable bonds is 3. The van der Waals surface area contributed by atoms with Gasteiger partial charge in [-0.3, -0.25) is 4.79 Å². The second kappa shape index (κ2) is 6.19. The Kier molecular flexibility index (Phi) is 4.12. The van der Waals surface area contributed by atoms with E-state index < -0.39 is 0 Å². The van der Waals surface area contributed by atoms with Crippen LogP contribution in [0.5, 0.6) is 0 Å². The molecule has 5 nitrogen and oxygen atoms in total. The van der Waals surface area contributed by atoms with Crippen molar-refractivity contribution in [2.45, 2.75) is 6.04 Å². The van der Waals surface area contributed by atoms with Crippen LogP contribution in [0, 0.1) is 5.82 Å². The molecule has 21 heavy (non-hydrogen) atoms. The number of carbonyl (C=O) groups excluding carboxylic acids is 1. The van der Waals surface area contributed by atoms with Crippen molar-refractivity contribution in [1.29, 1.82) is 0 Å². The number of carbonyl (C=O) groups is 1. The Bertz CT molecular complexity index is 602. The van der Waals surface area contributed by atoms with Crippen molar-refractivity contribution in [1.82, 2.24) is 10.3 Å².